The molecule has 0 spiro atoms. The van der Waals surface area contributed by atoms with E-state index in [-0.39, 0.29) is 12.0 Å². The van der Waals surface area contributed by atoms with Gasteiger partial charge in [-0.3, -0.25) is 9.69 Å². The number of carbonyl (C=O) groups excluding carboxylic acids is 2. The van der Waals surface area contributed by atoms with Crippen LogP contribution >= 0.6 is 0 Å². The minimum absolute atomic E-state index is 0.0210. The predicted octanol–water partition coefficient (Wildman–Crippen LogP) is 4.70. The Kier molecular flexibility index (Phi) is 12.1. The summed E-state index contributed by atoms with van der Waals surface area (Å²) >= 11 is 0. The minimum Gasteiger partial charge on any atom is -0.493 e. The van der Waals surface area contributed by atoms with E-state index >= 15 is 0 Å². The minimum atomic E-state index is -0.422. The molecule has 1 aliphatic rings. The lowest BCUT2D eigenvalue weighted by atomic mass is 9.88. The van der Waals surface area contributed by atoms with Crippen molar-refractivity contribution in [1.82, 2.24) is 4.90 Å². The molecule has 1 atom stereocenters. The third kappa shape index (κ3) is 8.39. The molecular formula is C31H41NO8. The van der Waals surface area contributed by atoms with Crippen LogP contribution < -0.4 is 18.9 Å². The van der Waals surface area contributed by atoms with E-state index in [2.05, 4.69) is 23.6 Å². The zero-order chi connectivity index (χ0) is 28.9. The lowest BCUT2D eigenvalue weighted by Gasteiger charge is -2.38. The van der Waals surface area contributed by atoms with Crippen LogP contribution in [0.2, 0.25) is 0 Å². The van der Waals surface area contributed by atoms with Gasteiger partial charge >= 0.3 is 11.9 Å². The van der Waals surface area contributed by atoms with Gasteiger partial charge in [0, 0.05) is 25.2 Å². The van der Waals surface area contributed by atoms with Gasteiger partial charge in [-0.25, -0.2) is 4.79 Å². The number of hydrogen-bond acceptors (Lipinski definition) is 9. The average Bonchev–Trinajstić information content (AvgIpc) is 2.98. The molecule has 9 nitrogen and oxygen atoms in total. The van der Waals surface area contributed by atoms with Gasteiger partial charge in [-0.15, -0.1) is 0 Å². The standard InChI is InChI=1S/C31H41NO8/c1-6-30(33)39-16-8-7-9-17-40-31(34)13-15-32-14-12-23-20-28(37-4)29(38-5)21-24(23)25(32)18-22-10-11-26(35-2)27(19-22)36-3/h6,10-11,19-21,25H,1,7-9,12-18H2,2-5H3. The number of ether oxygens (including phenoxy) is 6. The highest BCUT2D eigenvalue weighted by Crippen LogP contribution is 2.40. The summed E-state index contributed by atoms with van der Waals surface area (Å²) in [5.41, 5.74) is 3.46. The van der Waals surface area contributed by atoms with Crippen molar-refractivity contribution in [2.45, 2.75) is 44.6 Å². The van der Waals surface area contributed by atoms with Crippen LogP contribution in [0.3, 0.4) is 0 Å². The molecule has 0 aliphatic carbocycles. The van der Waals surface area contributed by atoms with Crippen LogP contribution in [0.5, 0.6) is 23.0 Å². The van der Waals surface area contributed by atoms with E-state index in [0.29, 0.717) is 55.6 Å². The van der Waals surface area contributed by atoms with Crippen molar-refractivity contribution < 1.29 is 38.0 Å². The quantitative estimate of drug-likeness (QED) is 0.166. The van der Waals surface area contributed by atoms with Gasteiger partial charge in [0.1, 0.15) is 0 Å². The summed E-state index contributed by atoms with van der Waals surface area (Å²) in [6.45, 7) is 5.43. The Balaban J connectivity index is 1.66. The molecular weight excluding hydrogens is 514 g/mol. The molecule has 9 heteroatoms. The molecule has 40 heavy (non-hydrogen) atoms. The number of fused-ring (bicyclic) bond motifs is 1. The molecule has 0 saturated heterocycles. The van der Waals surface area contributed by atoms with Crippen molar-refractivity contribution in [1.29, 1.82) is 0 Å². The summed E-state index contributed by atoms with van der Waals surface area (Å²) in [6, 6.07) is 10.1. The van der Waals surface area contributed by atoms with Crippen LogP contribution in [-0.4, -0.2) is 71.6 Å². The van der Waals surface area contributed by atoms with Crippen molar-refractivity contribution in [2.75, 3.05) is 54.7 Å². The molecule has 0 saturated carbocycles. The summed E-state index contributed by atoms with van der Waals surface area (Å²) in [6.07, 6.45) is 5.24. The van der Waals surface area contributed by atoms with Crippen LogP contribution in [0.1, 0.15) is 48.4 Å². The molecule has 3 rings (SSSR count). The molecule has 0 fully saturated rings. The summed E-state index contributed by atoms with van der Waals surface area (Å²) in [4.78, 5) is 26.0. The first kappa shape index (κ1) is 30.8. The number of rotatable bonds is 16. The average molecular weight is 556 g/mol. The van der Waals surface area contributed by atoms with Crippen molar-refractivity contribution in [3.05, 3.63) is 59.7 Å². The maximum absolute atomic E-state index is 12.6. The van der Waals surface area contributed by atoms with Crippen LogP contribution in [0.15, 0.2) is 43.0 Å². The summed E-state index contributed by atoms with van der Waals surface area (Å²) < 4.78 is 32.5. The van der Waals surface area contributed by atoms with Crippen LogP contribution in [0, 0.1) is 0 Å². The molecule has 0 bridgehead atoms. The number of hydrogen-bond donors (Lipinski definition) is 0. The van der Waals surface area contributed by atoms with E-state index in [1.807, 2.05) is 18.2 Å². The first-order valence-corrected chi connectivity index (χ1v) is 13.6. The van der Waals surface area contributed by atoms with Gasteiger partial charge in [0.25, 0.3) is 0 Å². The normalized spacial score (nSPS) is 14.6. The first-order valence-electron chi connectivity index (χ1n) is 13.6. The Labute approximate surface area is 236 Å². The molecule has 0 N–H and O–H groups in total. The van der Waals surface area contributed by atoms with Crippen molar-refractivity contribution in [2.24, 2.45) is 0 Å². The highest BCUT2D eigenvalue weighted by molar-refractivity contribution is 5.81. The molecule has 1 unspecified atom stereocenters. The zero-order valence-electron chi connectivity index (χ0n) is 24.0. The Bertz CT molecular complexity index is 1150. The van der Waals surface area contributed by atoms with E-state index in [9.17, 15) is 9.59 Å². The van der Waals surface area contributed by atoms with E-state index in [1.165, 1.54) is 5.56 Å². The van der Waals surface area contributed by atoms with Crippen LogP contribution in [0.4, 0.5) is 0 Å². The second-order valence-electron chi connectivity index (χ2n) is 9.50. The molecule has 2 aromatic carbocycles. The van der Waals surface area contributed by atoms with Gasteiger partial charge in [0.05, 0.1) is 48.1 Å². The Morgan fingerprint density at radius 2 is 1.52 bits per heavy atom. The summed E-state index contributed by atoms with van der Waals surface area (Å²) in [7, 11) is 6.53. The fourth-order valence-electron chi connectivity index (χ4n) is 4.92. The third-order valence-corrected chi connectivity index (χ3v) is 7.06. The molecule has 0 aromatic heterocycles. The topological polar surface area (TPSA) is 92.8 Å². The largest absolute Gasteiger partial charge is 0.493 e. The summed E-state index contributed by atoms with van der Waals surface area (Å²) in [5, 5.41) is 0. The molecule has 1 aliphatic heterocycles. The molecule has 0 radical (unpaired) electrons. The van der Waals surface area contributed by atoms with Gasteiger partial charge in [-0.2, -0.15) is 0 Å². The molecule has 218 valence electrons. The number of esters is 2. The van der Waals surface area contributed by atoms with Crippen molar-refractivity contribution in [3.8, 4) is 23.0 Å². The van der Waals surface area contributed by atoms with E-state index < -0.39 is 5.97 Å². The van der Waals surface area contributed by atoms with E-state index in [1.54, 1.807) is 28.4 Å². The number of benzene rings is 2. The van der Waals surface area contributed by atoms with Crippen molar-refractivity contribution >= 4 is 11.9 Å². The van der Waals surface area contributed by atoms with Gasteiger partial charge < -0.3 is 28.4 Å². The predicted molar refractivity (Wildman–Crippen MR) is 151 cm³/mol. The first-order chi connectivity index (χ1) is 19.4. The van der Waals surface area contributed by atoms with E-state index in [0.717, 1.165) is 49.4 Å². The highest BCUT2D eigenvalue weighted by atomic mass is 16.5. The molecule has 1 heterocycles. The number of nitrogens with zero attached hydrogens (tertiary/aromatic N) is 1. The maximum Gasteiger partial charge on any atom is 0.330 e. The van der Waals surface area contributed by atoms with Gasteiger partial charge in [-0.05, 0) is 73.1 Å². The monoisotopic (exact) mass is 555 g/mol. The fourth-order valence-corrected chi connectivity index (χ4v) is 4.92. The zero-order valence-corrected chi connectivity index (χ0v) is 24.0. The van der Waals surface area contributed by atoms with Gasteiger partial charge in [0.15, 0.2) is 23.0 Å². The summed E-state index contributed by atoms with van der Waals surface area (Å²) in [5.74, 6) is 2.10. The van der Waals surface area contributed by atoms with Crippen LogP contribution in [0.25, 0.3) is 0 Å². The second-order valence-corrected chi connectivity index (χ2v) is 9.50. The third-order valence-electron chi connectivity index (χ3n) is 7.06. The number of carbonyl (C=O) groups is 2. The molecule has 0 amide bonds. The van der Waals surface area contributed by atoms with Crippen molar-refractivity contribution in [3.63, 3.8) is 0 Å². The highest BCUT2D eigenvalue weighted by Gasteiger charge is 2.30. The Morgan fingerprint density at radius 3 is 2.20 bits per heavy atom. The Hall–Kier alpha value is -3.72. The van der Waals surface area contributed by atoms with Crippen LogP contribution in [-0.2, 0) is 31.9 Å². The smallest absolute Gasteiger partial charge is 0.330 e. The number of unbranched alkanes of at least 4 members (excludes halogenated alkanes) is 2. The lowest BCUT2D eigenvalue weighted by molar-refractivity contribution is -0.144. The Morgan fingerprint density at radius 1 is 0.875 bits per heavy atom. The van der Waals surface area contributed by atoms with Gasteiger partial charge in [0.2, 0.25) is 0 Å². The SMILES string of the molecule is C=CC(=O)OCCCCCOC(=O)CCN1CCc2cc(OC)c(OC)cc2C1Cc1ccc(OC)c(OC)c1. The lowest BCUT2D eigenvalue weighted by Crippen LogP contribution is -2.38. The number of methoxy groups -OCH3 is 4. The maximum atomic E-state index is 12.6. The van der Waals surface area contributed by atoms with E-state index in [4.69, 9.17) is 28.4 Å². The second kappa shape index (κ2) is 15.8. The fraction of sp³-hybridized carbons (Fsp3) is 0.484. The van der Waals surface area contributed by atoms with Gasteiger partial charge in [-0.1, -0.05) is 12.6 Å². The molecule has 2 aromatic rings.